The van der Waals surface area contributed by atoms with Crippen molar-refractivity contribution in [3.63, 3.8) is 0 Å². The van der Waals surface area contributed by atoms with E-state index >= 15 is 0 Å². The molecule has 3 atom stereocenters. The first-order valence-electron chi connectivity index (χ1n) is 10.7. The largest absolute Gasteiger partial charge is 0.481 e. The molecule has 1 heterocycles. The second-order valence-corrected chi connectivity index (χ2v) is 8.41. The fraction of sp³-hybridized carbons (Fsp3) is 0.458. The average molecular weight is 473 g/mol. The fourth-order valence-corrected chi connectivity index (χ4v) is 4.64. The molecule has 0 amide bonds. The van der Waals surface area contributed by atoms with Gasteiger partial charge in [-0.2, -0.15) is 26.3 Å². The van der Waals surface area contributed by atoms with Crippen LogP contribution in [0.1, 0.15) is 66.9 Å². The maximum Gasteiger partial charge on any atom is 0.416 e. The van der Waals surface area contributed by atoms with E-state index in [4.69, 9.17) is 0 Å². The number of halogens is 6. The lowest BCUT2D eigenvalue weighted by atomic mass is 9.83. The van der Waals surface area contributed by atoms with E-state index in [1.165, 1.54) is 24.3 Å². The van der Waals surface area contributed by atoms with E-state index in [2.05, 4.69) is 4.90 Å². The number of likely N-dealkylation sites (tertiary alicyclic amines) is 1. The highest BCUT2D eigenvalue weighted by Crippen LogP contribution is 2.43. The molecule has 0 bridgehead atoms. The Morgan fingerprint density at radius 2 is 1.48 bits per heavy atom. The van der Waals surface area contributed by atoms with Crippen LogP contribution in [-0.2, 0) is 17.1 Å². The Balaban J connectivity index is 1.93. The Morgan fingerprint density at radius 1 is 0.970 bits per heavy atom. The number of hydrogen-bond acceptors (Lipinski definition) is 2. The summed E-state index contributed by atoms with van der Waals surface area (Å²) in [6.07, 6.45) is -7.36. The zero-order chi connectivity index (χ0) is 24.4. The number of hydrogen-bond donors (Lipinski definition) is 1. The normalized spacial score (nSPS) is 21.1. The summed E-state index contributed by atoms with van der Waals surface area (Å²) in [6, 6.07) is 9.15. The average Bonchev–Trinajstić information content (AvgIpc) is 2.74. The predicted octanol–water partition coefficient (Wildman–Crippen LogP) is 7.10. The molecule has 2 aromatic rings. The zero-order valence-corrected chi connectivity index (χ0v) is 18.0. The molecule has 0 unspecified atom stereocenters. The summed E-state index contributed by atoms with van der Waals surface area (Å²) in [7, 11) is 0. The highest BCUT2D eigenvalue weighted by atomic mass is 19.4. The van der Waals surface area contributed by atoms with Crippen molar-refractivity contribution in [3.05, 3.63) is 70.8 Å². The van der Waals surface area contributed by atoms with Gasteiger partial charge in [0.05, 0.1) is 11.1 Å². The van der Waals surface area contributed by atoms with Gasteiger partial charge in [0.2, 0.25) is 0 Å². The minimum Gasteiger partial charge on any atom is -0.481 e. The highest BCUT2D eigenvalue weighted by Gasteiger charge is 2.36. The van der Waals surface area contributed by atoms with Gasteiger partial charge < -0.3 is 5.11 Å². The maximum absolute atomic E-state index is 13.0. The smallest absolute Gasteiger partial charge is 0.416 e. The molecule has 3 rings (SSSR count). The van der Waals surface area contributed by atoms with Crippen LogP contribution < -0.4 is 0 Å². The number of piperidine rings is 1. The molecule has 2 aromatic carbocycles. The highest BCUT2D eigenvalue weighted by molar-refractivity contribution is 5.67. The summed E-state index contributed by atoms with van der Waals surface area (Å²) < 4.78 is 77.9. The second-order valence-electron chi connectivity index (χ2n) is 8.41. The first kappa shape index (κ1) is 25.1. The Kier molecular flexibility index (Phi) is 7.41. The van der Waals surface area contributed by atoms with Crippen LogP contribution in [-0.4, -0.2) is 22.5 Å². The molecular weight excluding hydrogens is 448 g/mol. The molecule has 0 aromatic heterocycles. The van der Waals surface area contributed by atoms with Gasteiger partial charge in [0, 0.05) is 18.5 Å². The monoisotopic (exact) mass is 473 g/mol. The number of benzene rings is 2. The van der Waals surface area contributed by atoms with Crippen molar-refractivity contribution < 1.29 is 36.2 Å². The number of carboxylic acids is 1. The molecule has 9 heteroatoms. The van der Waals surface area contributed by atoms with Crippen LogP contribution in [0.3, 0.4) is 0 Å². The summed E-state index contributed by atoms with van der Waals surface area (Å²) in [6.45, 7) is 2.39. The Hall–Kier alpha value is -2.55. The number of carboxylic acid groups (broad SMARTS) is 1. The van der Waals surface area contributed by atoms with E-state index in [0.717, 1.165) is 24.3 Å². The van der Waals surface area contributed by atoms with Gasteiger partial charge in [0.1, 0.15) is 0 Å². The number of carbonyl (C=O) groups is 1. The van der Waals surface area contributed by atoms with Crippen LogP contribution in [0.15, 0.2) is 48.5 Å². The van der Waals surface area contributed by atoms with E-state index in [1.807, 2.05) is 6.92 Å². The van der Waals surface area contributed by atoms with E-state index in [1.54, 1.807) is 0 Å². The molecule has 1 N–H and O–H groups in total. The molecule has 33 heavy (non-hydrogen) atoms. The van der Waals surface area contributed by atoms with Crippen molar-refractivity contribution in [1.82, 2.24) is 4.90 Å². The third kappa shape index (κ3) is 6.07. The quantitative estimate of drug-likeness (QED) is 0.455. The summed E-state index contributed by atoms with van der Waals surface area (Å²) in [5.41, 5.74) is -0.214. The fourth-order valence-electron chi connectivity index (χ4n) is 4.64. The molecule has 1 aliphatic rings. The van der Waals surface area contributed by atoms with E-state index < -0.39 is 29.4 Å². The van der Waals surface area contributed by atoms with Gasteiger partial charge >= 0.3 is 18.3 Å². The molecule has 0 saturated carbocycles. The predicted molar refractivity (Wildman–Crippen MR) is 110 cm³/mol. The SMILES string of the molecule is CC[C@H](c1ccc(C(F)(F)F)cc1)N1CC[C@@H](CC(=O)O)C[C@H]1c1ccc(C(F)(F)F)cc1. The molecular formula is C24H25F6NO2. The van der Waals surface area contributed by atoms with Gasteiger partial charge in [-0.25, -0.2) is 0 Å². The number of alkyl halides is 6. The van der Waals surface area contributed by atoms with Gasteiger partial charge in [0.25, 0.3) is 0 Å². The Labute approximate surface area is 188 Å². The molecule has 1 saturated heterocycles. The van der Waals surface area contributed by atoms with Gasteiger partial charge in [0.15, 0.2) is 0 Å². The first-order valence-corrected chi connectivity index (χ1v) is 10.7. The minimum atomic E-state index is -4.47. The lowest BCUT2D eigenvalue weighted by Crippen LogP contribution is -2.40. The number of nitrogens with zero attached hydrogens (tertiary/aromatic N) is 1. The molecule has 1 fully saturated rings. The lowest BCUT2D eigenvalue weighted by Gasteiger charge is -2.44. The van der Waals surface area contributed by atoms with Gasteiger partial charge in [-0.05, 0) is 67.1 Å². The van der Waals surface area contributed by atoms with Crippen LogP contribution in [0.5, 0.6) is 0 Å². The minimum absolute atomic E-state index is 0.0396. The maximum atomic E-state index is 13.0. The topological polar surface area (TPSA) is 40.5 Å². The van der Waals surface area contributed by atoms with Crippen molar-refractivity contribution in [2.24, 2.45) is 5.92 Å². The molecule has 3 nitrogen and oxygen atoms in total. The van der Waals surface area contributed by atoms with Crippen molar-refractivity contribution >= 4 is 5.97 Å². The number of rotatable bonds is 6. The third-order valence-corrected chi connectivity index (χ3v) is 6.25. The Bertz CT molecular complexity index is 937. The molecule has 180 valence electrons. The van der Waals surface area contributed by atoms with Crippen LogP contribution in [0.25, 0.3) is 0 Å². The van der Waals surface area contributed by atoms with E-state index in [9.17, 15) is 36.2 Å². The van der Waals surface area contributed by atoms with Gasteiger partial charge in [-0.15, -0.1) is 0 Å². The van der Waals surface area contributed by atoms with E-state index in [-0.39, 0.29) is 24.4 Å². The van der Waals surface area contributed by atoms with Gasteiger partial charge in [-0.3, -0.25) is 9.69 Å². The summed E-state index contributed by atoms with van der Waals surface area (Å²) in [5, 5.41) is 9.21. The molecule has 1 aliphatic heterocycles. The van der Waals surface area contributed by atoms with E-state index in [0.29, 0.717) is 36.9 Å². The summed E-state index contributed by atoms with van der Waals surface area (Å²) >= 11 is 0. The van der Waals surface area contributed by atoms with Gasteiger partial charge in [-0.1, -0.05) is 31.2 Å². The molecule has 0 spiro atoms. The van der Waals surface area contributed by atoms with Crippen molar-refractivity contribution in [2.75, 3.05) is 6.54 Å². The molecule has 0 radical (unpaired) electrons. The summed E-state index contributed by atoms with van der Waals surface area (Å²) in [5.74, 6) is -1.08. The van der Waals surface area contributed by atoms with Crippen LogP contribution in [0.4, 0.5) is 26.3 Å². The zero-order valence-electron chi connectivity index (χ0n) is 18.0. The third-order valence-electron chi connectivity index (χ3n) is 6.25. The molecule has 0 aliphatic carbocycles. The van der Waals surface area contributed by atoms with Crippen molar-refractivity contribution in [3.8, 4) is 0 Å². The van der Waals surface area contributed by atoms with Crippen LogP contribution >= 0.6 is 0 Å². The summed E-state index contributed by atoms with van der Waals surface area (Å²) in [4.78, 5) is 13.3. The van der Waals surface area contributed by atoms with Crippen LogP contribution in [0.2, 0.25) is 0 Å². The van der Waals surface area contributed by atoms with Crippen molar-refractivity contribution in [2.45, 2.75) is 57.0 Å². The number of aliphatic carboxylic acids is 1. The lowest BCUT2D eigenvalue weighted by molar-refractivity contribution is -0.139. The first-order chi connectivity index (χ1) is 15.4. The van der Waals surface area contributed by atoms with Crippen LogP contribution in [0, 0.1) is 5.92 Å². The Morgan fingerprint density at radius 3 is 1.94 bits per heavy atom. The standard InChI is InChI=1S/C24H25F6NO2/c1-2-20(16-3-7-18(8-4-16)23(25,26)27)31-12-11-15(14-22(32)33)13-21(31)17-5-9-19(10-6-17)24(28,29)30/h3-10,15,20-21H,2,11-14H2,1H3,(H,32,33)/t15-,20-,21+/m1/s1. The second kappa shape index (κ2) is 9.75. The van der Waals surface area contributed by atoms with Crippen molar-refractivity contribution in [1.29, 1.82) is 0 Å².